The van der Waals surface area contributed by atoms with Crippen LogP contribution in [0.4, 0.5) is 0 Å². The van der Waals surface area contributed by atoms with E-state index in [4.69, 9.17) is 0 Å². The van der Waals surface area contributed by atoms with Crippen LogP contribution >= 0.6 is 23.7 Å². The molecule has 2 amide bonds. The lowest BCUT2D eigenvalue weighted by Crippen LogP contribution is -2.40. The summed E-state index contributed by atoms with van der Waals surface area (Å²) in [6.07, 6.45) is 6.23. The molecule has 3 heterocycles. The van der Waals surface area contributed by atoms with Gasteiger partial charge in [0.2, 0.25) is 5.91 Å². The van der Waals surface area contributed by atoms with Gasteiger partial charge in [0, 0.05) is 31.6 Å². The number of fused-ring (bicyclic) bond motifs is 2. The standard InChI is InChI=1S/C17H25N3O2S.ClH/c21-16(11-12-9-13-4-5-14(10-12)20-13)18-6-2-7-19-17(22)15-3-1-8-23-15;/h1,3,8,12-14,20H,2,4-7,9-11H2,(H,18,21)(H,19,22);1H. The summed E-state index contributed by atoms with van der Waals surface area (Å²) in [6.45, 7) is 1.22. The summed E-state index contributed by atoms with van der Waals surface area (Å²) in [5, 5.41) is 11.3. The van der Waals surface area contributed by atoms with E-state index in [9.17, 15) is 9.59 Å². The molecular formula is C17H26ClN3O2S. The first-order chi connectivity index (χ1) is 11.2. The van der Waals surface area contributed by atoms with Crippen LogP contribution in [0, 0.1) is 5.92 Å². The molecule has 0 saturated carbocycles. The molecule has 3 rings (SSSR count). The minimum atomic E-state index is -0.0310. The fourth-order valence-corrected chi connectivity index (χ4v) is 4.33. The van der Waals surface area contributed by atoms with Gasteiger partial charge in [-0.15, -0.1) is 23.7 Å². The number of thiophene rings is 1. The fraction of sp³-hybridized carbons (Fsp3) is 0.647. The van der Waals surface area contributed by atoms with E-state index in [2.05, 4.69) is 16.0 Å². The lowest BCUT2D eigenvalue weighted by Gasteiger charge is -2.28. The predicted molar refractivity (Wildman–Crippen MR) is 98.8 cm³/mol. The van der Waals surface area contributed by atoms with Gasteiger partial charge in [0.15, 0.2) is 0 Å². The quantitative estimate of drug-likeness (QED) is 0.644. The molecule has 7 heteroatoms. The van der Waals surface area contributed by atoms with E-state index < -0.39 is 0 Å². The Balaban J connectivity index is 0.00000208. The number of nitrogens with one attached hydrogen (secondary N) is 3. The molecule has 0 aromatic carbocycles. The molecule has 1 aromatic rings. The van der Waals surface area contributed by atoms with Gasteiger partial charge in [-0.25, -0.2) is 0 Å². The summed E-state index contributed by atoms with van der Waals surface area (Å²) in [4.78, 5) is 24.5. The smallest absolute Gasteiger partial charge is 0.261 e. The number of piperidine rings is 1. The molecule has 2 aliphatic heterocycles. The third kappa shape index (κ3) is 5.46. The normalized spacial score (nSPS) is 24.9. The average Bonchev–Trinajstić information content (AvgIpc) is 3.17. The highest BCUT2D eigenvalue weighted by Crippen LogP contribution is 2.32. The van der Waals surface area contributed by atoms with Crippen molar-refractivity contribution >= 4 is 35.6 Å². The van der Waals surface area contributed by atoms with Gasteiger partial charge in [0.05, 0.1) is 4.88 Å². The van der Waals surface area contributed by atoms with Gasteiger partial charge in [-0.3, -0.25) is 9.59 Å². The van der Waals surface area contributed by atoms with Crippen LogP contribution in [0.3, 0.4) is 0 Å². The SMILES string of the molecule is Cl.O=C(CC1CC2CCC(C1)N2)NCCCNC(=O)c1cccs1. The molecule has 3 N–H and O–H groups in total. The Morgan fingerprint density at radius 1 is 1.17 bits per heavy atom. The van der Waals surface area contributed by atoms with Crippen LogP contribution in [0.2, 0.25) is 0 Å². The van der Waals surface area contributed by atoms with Crippen LogP contribution in [-0.2, 0) is 4.79 Å². The van der Waals surface area contributed by atoms with E-state index in [1.54, 1.807) is 0 Å². The molecule has 2 bridgehead atoms. The predicted octanol–water partition coefficient (Wildman–Crippen LogP) is 2.33. The van der Waals surface area contributed by atoms with Crippen LogP contribution in [0.1, 0.15) is 48.2 Å². The van der Waals surface area contributed by atoms with Crippen LogP contribution in [0.15, 0.2) is 17.5 Å². The minimum Gasteiger partial charge on any atom is -0.356 e. The molecule has 2 aliphatic rings. The molecule has 134 valence electrons. The monoisotopic (exact) mass is 371 g/mol. The molecule has 24 heavy (non-hydrogen) atoms. The maximum atomic E-state index is 12.0. The van der Waals surface area contributed by atoms with E-state index in [-0.39, 0.29) is 24.2 Å². The van der Waals surface area contributed by atoms with Gasteiger partial charge >= 0.3 is 0 Å². The number of carbonyl (C=O) groups is 2. The zero-order valence-corrected chi connectivity index (χ0v) is 15.4. The van der Waals surface area contributed by atoms with Gasteiger partial charge in [-0.2, -0.15) is 0 Å². The summed E-state index contributed by atoms with van der Waals surface area (Å²) >= 11 is 1.44. The van der Waals surface area contributed by atoms with Crippen molar-refractivity contribution < 1.29 is 9.59 Å². The molecule has 0 aliphatic carbocycles. The largest absolute Gasteiger partial charge is 0.356 e. The van der Waals surface area contributed by atoms with Crippen molar-refractivity contribution in [1.82, 2.24) is 16.0 Å². The van der Waals surface area contributed by atoms with Gasteiger partial charge in [-0.05, 0) is 49.5 Å². The Morgan fingerprint density at radius 3 is 2.54 bits per heavy atom. The summed E-state index contributed by atoms with van der Waals surface area (Å²) < 4.78 is 0. The first kappa shape index (κ1) is 19.2. The van der Waals surface area contributed by atoms with Crippen molar-refractivity contribution in [3.8, 4) is 0 Å². The number of hydrogen-bond donors (Lipinski definition) is 3. The zero-order chi connectivity index (χ0) is 16.1. The lowest BCUT2D eigenvalue weighted by molar-refractivity contribution is -0.122. The minimum absolute atomic E-state index is 0. The molecule has 1 aromatic heterocycles. The third-order valence-corrected chi connectivity index (χ3v) is 5.62. The van der Waals surface area contributed by atoms with Gasteiger partial charge < -0.3 is 16.0 Å². The van der Waals surface area contributed by atoms with E-state index in [1.165, 1.54) is 24.2 Å². The molecule has 2 saturated heterocycles. The zero-order valence-electron chi connectivity index (χ0n) is 13.8. The van der Waals surface area contributed by atoms with Crippen molar-refractivity contribution in [2.75, 3.05) is 13.1 Å². The molecule has 2 unspecified atom stereocenters. The number of carbonyl (C=O) groups excluding carboxylic acids is 2. The van der Waals surface area contributed by atoms with Crippen molar-refractivity contribution in [3.63, 3.8) is 0 Å². The van der Waals surface area contributed by atoms with Crippen LogP contribution in [0.5, 0.6) is 0 Å². The topological polar surface area (TPSA) is 70.2 Å². The number of rotatable bonds is 7. The van der Waals surface area contributed by atoms with Crippen molar-refractivity contribution in [3.05, 3.63) is 22.4 Å². The Hall–Kier alpha value is -1.11. The summed E-state index contributed by atoms with van der Waals surface area (Å²) in [5.74, 6) is 0.657. The maximum absolute atomic E-state index is 12.0. The second-order valence-corrected chi connectivity index (χ2v) is 7.56. The summed E-state index contributed by atoms with van der Waals surface area (Å²) in [5.41, 5.74) is 0. The number of hydrogen-bond acceptors (Lipinski definition) is 4. The van der Waals surface area contributed by atoms with Gasteiger partial charge in [0.25, 0.3) is 5.91 Å². The highest BCUT2D eigenvalue weighted by atomic mass is 35.5. The molecule has 2 fully saturated rings. The summed E-state index contributed by atoms with van der Waals surface area (Å²) in [7, 11) is 0. The van der Waals surface area contributed by atoms with Crippen LogP contribution in [0.25, 0.3) is 0 Å². The molecule has 0 radical (unpaired) electrons. The third-order valence-electron chi connectivity index (χ3n) is 4.75. The number of halogens is 1. The first-order valence-corrected chi connectivity index (χ1v) is 9.43. The Labute approximate surface area is 153 Å². The van der Waals surface area contributed by atoms with Crippen molar-refractivity contribution in [1.29, 1.82) is 0 Å². The van der Waals surface area contributed by atoms with Crippen molar-refractivity contribution in [2.24, 2.45) is 5.92 Å². The molecular weight excluding hydrogens is 346 g/mol. The Morgan fingerprint density at radius 2 is 1.88 bits per heavy atom. The summed E-state index contributed by atoms with van der Waals surface area (Å²) in [6, 6.07) is 4.96. The fourth-order valence-electron chi connectivity index (χ4n) is 3.69. The van der Waals surface area contributed by atoms with Gasteiger partial charge in [0.1, 0.15) is 0 Å². The lowest BCUT2D eigenvalue weighted by atomic mass is 9.89. The van der Waals surface area contributed by atoms with E-state index in [1.807, 2.05) is 17.5 Å². The number of amides is 2. The molecule has 2 atom stereocenters. The Kier molecular flexibility index (Phi) is 7.52. The van der Waals surface area contributed by atoms with Gasteiger partial charge in [-0.1, -0.05) is 6.07 Å². The highest BCUT2D eigenvalue weighted by Gasteiger charge is 2.33. The molecule has 0 spiro atoms. The second-order valence-electron chi connectivity index (χ2n) is 6.62. The second kappa shape index (κ2) is 9.39. The maximum Gasteiger partial charge on any atom is 0.261 e. The highest BCUT2D eigenvalue weighted by molar-refractivity contribution is 7.12. The van der Waals surface area contributed by atoms with E-state index in [0.29, 0.717) is 37.5 Å². The Bertz CT molecular complexity index is 526. The average molecular weight is 372 g/mol. The first-order valence-electron chi connectivity index (χ1n) is 8.55. The van der Waals surface area contributed by atoms with E-state index >= 15 is 0 Å². The van der Waals surface area contributed by atoms with Crippen molar-refractivity contribution in [2.45, 2.75) is 50.6 Å². The van der Waals surface area contributed by atoms with E-state index in [0.717, 1.165) is 24.1 Å². The molecule has 5 nitrogen and oxygen atoms in total. The van der Waals surface area contributed by atoms with Crippen LogP contribution < -0.4 is 16.0 Å². The van der Waals surface area contributed by atoms with Crippen LogP contribution in [-0.4, -0.2) is 37.0 Å².